The van der Waals surface area contributed by atoms with E-state index in [1.807, 2.05) is 0 Å². The third-order valence-corrected chi connectivity index (χ3v) is 11.8. The number of rotatable bonds is 7. The molecule has 0 bridgehead atoms. The second kappa shape index (κ2) is 11.4. The van der Waals surface area contributed by atoms with Gasteiger partial charge in [-0.15, -0.1) is 0 Å². The molecule has 4 unspecified atom stereocenters. The Balaban J connectivity index is 0.00000361. The van der Waals surface area contributed by atoms with Gasteiger partial charge in [0.25, 0.3) is 0 Å². The van der Waals surface area contributed by atoms with Crippen LogP contribution >= 0.6 is 0 Å². The summed E-state index contributed by atoms with van der Waals surface area (Å²) in [5, 5.41) is 35.5. The second-order valence-electron chi connectivity index (χ2n) is 12.6. The fourth-order valence-corrected chi connectivity index (χ4v) is 9.54. The van der Waals surface area contributed by atoms with Crippen LogP contribution in [0.5, 0.6) is 0 Å². The molecule has 0 saturated heterocycles. The smallest absolute Gasteiger partial charge is 0.748 e. The molecule has 4 aliphatic carbocycles. The van der Waals surface area contributed by atoms with Crippen molar-refractivity contribution < 1.29 is 62.6 Å². The van der Waals surface area contributed by atoms with Crippen LogP contribution in [-0.2, 0) is 14.9 Å². The molecule has 0 radical (unpaired) electrons. The van der Waals surface area contributed by atoms with Gasteiger partial charge < -0.3 is 25.2 Å². The summed E-state index contributed by atoms with van der Waals surface area (Å²) >= 11 is 0. The van der Waals surface area contributed by atoms with Crippen LogP contribution in [0.1, 0.15) is 78.6 Å². The fraction of sp³-hybridized carbons (Fsp3) is 0.962. The van der Waals surface area contributed by atoms with Gasteiger partial charge in [0.15, 0.2) is 0 Å². The zero-order chi connectivity index (χ0) is 25.8. The number of aliphatic hydroxyl groups excluding tert-OH is 3. The number of fused-ring (bicyclic) bond motifs is 5. The average Bonchev–Trinajstić information content (AvgIpc) is 3.12. The topological polar surface area (TPSA) is 147 Å². The minimum Gasteiger partial charge on any atom is -0.748 e. The van der Waals surface area contributed by atoms with Crippen molar-refractivity contribution in [1.82, 2.24) is 5.32 Å². The Morgan fingerprint density at radius 3 is 2.33 bits per heavy atom. The molecule has 4 saturated carbocycles. The molecule has 36 heavy (non-hydrogen) atoms. The third-order valence-electron chi connectivity index (χ3n) is 11.1. The molecule has 4 fully saturated rings. The van der Waals surface area contributed by atoms with Crippen molar-refractivity contribution in [3.8, 4) is 0 Å². The monoisotopic (exact) mass is 537 g/mol. The van der Waals surface area contributed by atoms with Crippen LogP contribution in [0.15, 0.2) is 0 Å². The van der Waals surface area contributed by atoms with Crippen LogP contribution in [0, 0.1) is 46.3 Å². The minimum atomic E-state index is -4.34. The van der Waals surface area contributed by atoms with Crippen molar-refractivity contribution in [2.75, 3.05) is 12.3 Å². The van der Waals surface area contributed by atoms with E-state index < -0.39 is 34.2 Å². The van der Waals surface area contributed by atoms with Crippen LogP contribution in [0.25, 0.3) is 0 Å². The van der Waals surface area contributed by atoms with Crippen LogP contribution < -0.4 is 34.9 Å². The maximum atomic E-state index is 12.2. The fourth-order valence-electron chi connectivity index (χ4n) is 9.19. The Morgan fingerprint density at radius 1 is 1.00 bits per heavy atom. The third kappa shape index (κ3) is 5.60. The first kappa shape index (κ1) is 30.8. The van der Waals surface area contributed by atoms with Gasteiger partial charge in [-0.25, -0.2) is 8.42 Å². The SMILES string of the molecule is C[C@H](CCC(=O)NCCS(=O)(=O)[O-])[C@H]1CCC2C3CC[C@@H]4CC(O)C[C@@H](O)[C@]4(C)C3C[C@H](O)[C@@]21C.[Na+]. The summed E-state index contributed by atoms with van der Waals surface area (Å²) in [6.07, 6.45) is 5.53. The van der Waals surface area contributed by atoms with E-state index >= 15 is 0 Å². The summed E-state index contributed by atoms with van der Waals surface area (Å²) in [4.78, 5) is 12.2. The van der Waals surface area contributed by atoms with Crippen molar-refractivity contribution in [1.29, 1.82) is 0 Å². The van der Waals surface area contributed by atoms with E-state index in [9.17, 15) is 33.1 Å². The summed E-state index contributed by atoms with van der Waals surface area (Å²) in [6, 6.07) is 0. The van der Waals surface area contributed by atoms with Gasteiger partial charge >= 0.3 is 29.6 Å². The average molecular weight is 538 g/mol. The molecule has 4 rings (SSSR count). The molecule has 1 amide bonds. The molecule has 0 heterocycles. The molecule has 0 aromatic carbocycles. The Hall–Kier alpha value is 0.260. The predicted octanol–water partition coefficient (Wildman–Crippen LogP) is -0.970. The summed E-state index contributed by atoms with van der Waals surface area (Å²) in [6.45, 7) is 6.43. The number of amides is 1. The Labute approximate surface area is 238 Å². The first-order valence-electron chi connectivity index (χ1n) is 13.5. The van der Waals surface area contributed by atoms with Gasteiger partial charge in [0.1, 0.15) is 0 Å². The molecular formula is C26H44NNaO7S. The maximum Gasteiger partial charge on any atom is 1.00 e. The Kier molecular flexibility index (Phi) is 9.75. The van der Waals surface area contributed by atoms with Gasteiger partial charge in [-0.2, -0.15) is 0 Å². The van der Waals surface area contributed by atoms with E-state index in [0.29, 0.717) is 42.9 Å². The number of aliphatic hydroxyl groups is 3. The standard InChI is InChI=1S/C26H45NO7S.Na/c1-15(4-9-24(31)27-10-11-35(32,33)34)19-7-8-20-18-6-5-16-12-17(28)13-22(29)25(16,2)21(18)14-23(30)26(19,20)3;/h15-23,28-30H,4-14H2,1-3H3,(H,27,31)(H,32,33,34);/q;+1/p-1/t15-,16-,17?,18?,19-,20?,21?,22-,23+,25+,26-;/m1./s1. The molecule has 202 valence electrons. The molecule has 0 aromatic rings. The zero-order valence-electron chi connectivity index (χ0n) is 22.4. The molecule has 0 aromatic heterocycles. The largest absolute Gasteiger partial charge is 1.00 e. The first-order chi connectivity index (χ1) is 16.3. The van der Waals surface area contributed by atoms with Gasteiger partial charge in [-0.3, -0.25) is 4.79 Å². The molecule has 8 nitrogen and oxygen atoms in total. The molecule has 11 atom stereocenters. The second-order valence-corrected chi connectivity index (χ2v) is 14.1. The van der Waals surface area contributed by atoms with E-state index in [1.165, 1.54) is 0 Å². The van der Waals surface area contributed by atoms with E-state index in [1.54, 1.807) is 0 Å². The van der Waals surface area contributed by atoms with Crippen LogP contribution in [0.4, 0.5) is 0 Å². The first-order valence-corrected chi connectivity index (χ1v) is 15.1. The van der Waals surface area contributed by atoms with Crippen molar-refractivity contribution in [2.24, 2.45) is 46.3 Å². The summed E-state index contributed by atoms with van der Waals surface area (Å²) in [5.74, 6) is 1.08. The van der Waals surface area contributed by atoms with E-state index in [2.05, 4.69) is 26.1 Å². The Bertz CT molecular complexity index is 903. The van der Waals surface area contributed by atoms with Gasteiger partial charge in [0, 0.05) is 13.0 Å². The van der Waals surface area contributed by atoms with Crippen LogP contribution in [-0.4, -0.2) is 64.8 Å². The van der Waals surface area contributed by atoms with Crippen LogP contribution in [0.3, 0.4) is 0 Å². The molecule has 4 N–H and O–H groups in total. The van der Waals surface area contributed by atoms with Crippen molar-refractivity contribution >= 4 is 16.0 Å². The van der Waals surface area contributed by atoms with Gasteiger partial charge in [-0.1, -0.05) is 20.8 Å². The molecule has 4 aliphatic rings. The summed E-state index contributed by atoms with van der Waals surface area (Å²) < 4.78 is 32.2. The number of carbonyl (C=O) groups excluding carboxylic acids is 1. The molecular weight excluding hydrogens is 493 g/mol. The van der Waals surface area contributed by atoms with Crippen molar-refractivity contribution in [3.63, 3.8) is 0 Å². The zero-order valence-corrected chi connectivity index (χ0v) is 25.2. The minimum absolute atomic E-state index is 0. The van der Waals surface area contributed by atoms with E-state index in [-0.39, 0.29) is 71.1 Å². The van der Waals surface area contributed by atoms with Gasteiger partial charge in [0.05, 0.1) is 34.2 Å². The Morgan fingerprint density at radius 2 is 1.67 bits per heavy atom. The predicted molar refractivity (Wildman–Crippen MR) is 130 cm³/mol. The van der Waals surface area contributed by atoms with Crippen LogP contribution in [0.2, 0.25) is 0 Å². The maximum absolute atomic E-state index is 12.2. The van der Waals surface area contributed by atoms with Gasteiger partial charge in [-0.05, 0) is 97.7 Å². The molecule has 0 aliphatic heterocycles. The van der Waals surface area contributed by atoms with E-state index in [4.69, 9.17) is 0 Å². The number of hydrogen-bond acceptors (Lipinski definition) is 7. The molecule has 0 spiro atoms. The summed E-state index contributed by atoms with van der Waals surface area (Å²) in [5.41, 5.74) is -0.486. The normalized spacial score (nSPS) is 45.0. The number of carbonyl (C=O) groups is 1. The van der Waals surface area contributed by atoms with Gasteiger partial charge in [0.2, 0.25) is 5.91 Å². The quantitative estimate of drug-likeness (QED) is 0.241. The number of hydrogen-bond donors (Lipinski definition) is 4. The summed E-state index contributed by atoms with van der Waals surface area (Å²) in [7, 11) is -4.34. The van der Waals surface area contributed by atoms with Crippen molar-refractivity contribution in [2.45, 2.75) is 96.9 Å². The molecule has 10 heteroatoms. The van der Waals surface area contributed by atoms with E-state index in [0.717, 1.165) is 32.1 Å². The number of nitrogens with one attached hydrogen (secondary N) is 1. The van der Waals surface area contributed by atoms with Crippen molar-refractivity contribution in [3.05, 3.63) is 0 Å².